The van der Waals surface area contributed by atoms with Gasteiger partial charge in [-0.1, -0.05) is 19.3 Å². The SMILES string of the molecule is c1coc(C(CNC2CCCC2)N2CCCCC2)c1. The van der Waals surface area contributed by atoms with E-state index in [2.05, 4.69) is 16.3 Å². The zero-order chi connectivity index (χ0) is 12.9. The normalized spacial score (nSPS) is 23.8. The van der Waals surface area contributed by atoms with Crippen LogP contribution in [0.4, 0.5) is 0 Å². The van der Waals surface area contributed by atoms with Gasteiger partial charge in [0.25, 0.3) is 0 Å². The highest BCUT2D eigenvalue weighted by Gasteiger charge is 2.25. The zero-order valence-electron chi connectivity index (χ0n) is 11.8. The Labute approximate surface area is 116 Å². The molecule has 2 aliphatic rings. The predicted molar refractivity (Wildman–Crippen MR) is 77.1 cm³/mol. The van der Waals surface area contributed by atoms with E-state index >= 15 is 0 Å². The second kappa shape index (κ2) is 6.58. The molecule has 3 nitrogen and oxygen atoms in total. The van der Waals surface area contributed by atoms with Crippen molar-refractivity contribution in [3.8, 4) is 0 Å². The Morgan fingerprint density at radius 3 is 2.63 bits per heavy atom. The average molecular weight is 262 g/mol. The van der Waals surface area contributed by atoms with Gasteiger partial charge in [-0.25, -0.2) is 0 Å². The van der Waals surface area contributed by atoms with Crippen LogP contribution in [-0.2, 0) is 0 Å². The molecule has 1 aromatic rings. The van der Waals surface area contributed by atoms with Crippen LogP contribution in [-0.4, -0.2) is 30.6 Å². The van der Waals surface area contributed by atoms with Crippen molar-refractivity contribution in [2.45, 2.75) is 57.0 Å². The van der Waals surface area contributed by atoms with Crippen molar-refractivity contribution < 1.29 is 4.42 Å². The van der Waals surface area contributed by atoms with Crippen molar-refractivity contribution in [1.29, 1.82) is 0 Å². The molecule has 19 heavy (non-hydrogen) atoms. The lowest BCUT2D eigenvalue weighted by Crippen LogP contribution is -2.41. The Morgan fingerprint density at radius 1 is 1.16 bits per heavy atom. The van der Waals surface area contributed by atoms with E-state index in [1.807, 2.05) is 12.3 Å². The largest absolute Gasteiger partial charge is 0.468 e. The summed E-state index contributed by atoms with van der Waals surface area (Å²) in [4.78, 5) is 2.60. The highest BCUT2D eigenvalue weighted by molar-refractivity contribution is 5.06. The molecule has 2 fully saturated rings. The van der Waals surface area contributed by atoms with Crippen LogP contribution < -0.4 is 5.32 Å². The maximum absolute atomic E-state index is 5.68. The molecule has 106 valence electrons. The molecule has 0 bridgehead atoms. The fourth-order valence-electron chi connectivity index (χ4n) is 3.53. The summed E-state index contributed by atoms with van der Waals surface area (Å²) in [5.74, 6) is 1.13. The molecule has 1 aliphatic heterocycles. The summed E-state index contributed by atoms with van der Waals surface area (Å²) in [7, 11) is 0. The highest BCUT2D eigenvalue weighted by atomic mass is 16.3. The minimum atomic E-state index is 0.427. The highest BCUT2D eigenvalue weighted by Crippen LogP contribution is 2.25. The van der Waals surface area contributed by atoms with Crippen LogP contribution in [0.3, 0.4) is 0 Å². The number of hydrogen-bond acceptors (Lipinski definition) is 3. The number of rotatable bonds is 5. The smallest absolute Gasteiger partial charge is 0.122 e. The van der Waals surface area contributed by atoms with E-state index in [9.17, 15) is 0 Å². The van der Waals surface area contributed by atoms with Crippen LogP contribution in [0, 0.1) is 0 Å². The molecule has 3 rings (SSSR count). The van der Waals surface area contributed by atoms with E-state index in [-0.39, 0.29) is 0 Å². The van der Waals surface area contributed by atoms with E-state index in [4.69, 9.17) is 4.42 Å². The van der Waals surface area contributed by atoms with Gasteiger partial charge in [-0.2, -0.15) is 0 Å². The van der Waals surface area contributed by atoms with Crippen molar-refractivity contribution >= 4 is 0 Å². The van der Waals surface area contributed by atoms with Gasteiger partial charge in [-0.3, -0.25) is 4.90 Å². The van der Waals surface area contributed by atoms with Crippen LogP contribution in [0.2, 0.25) is 0 Å². The van der Waals surface area contributed by atoms with Crippen molar-refractivity contribution in [3.63, 3.8) is 0 Å². The summed E-state index contributed by atoms with van der Waals surface area (Å²) >= 11 is 0. The van der Waals surface area contributed by atoms with Crippen LogP contribution in [0.15, 0.2) is 22.8 Å². The third-order valence-electron chi connectivity index (χ3n) is 4.66. The number of hydrogen-bond donors (Lipinski definition) is 1. The van der Waals surface area contributed by atoms with Crippen molar-refractivity contribution in [2.24, 2.45) is 0 Å². The Hall–Kier alpha value is -0.800. The fraction of sp³-hybridized carbons (Fsp3) is 0.750. The van der Waals surface area contributed by atoms with Gasteiger partial charge in [0.2, 0.25) is 0 Å². The Bertz CT molecular complexity index is 351. The topological polar surface area (TPSA) is 28.4 Å². The molecule has 1 aliphatic carbocycles. The molecule has 0 aromatic carbocycles. The summed E-state index contributed by atoms with van der Waals surface area (Å²) in [5.41, 5.74) is 0. The predicted octanol–water partition coefficient (Wildman–Crippen LogP) is 3.34. The second-order valence-corrected chi connectivity index (χ2v) is 6.02. The molecule has 1 aromatic heterocycles. The first-order valence-electron chi connectivity index (χ1n) is 7.94. The van der Waals surface area contributed by atoms with Gasteiger partial charge in [0, 0.05) is 12.6 Å². The Balaban J connectivity index is 1.61. The fourth-order valence-corrected chi connectivity index (χ4v) is 3.53. The molecule has 1 atom stereocenters. The minimum absolute atomic E-state index is 0.427. The third kappa shape index (κ3) is 3.40. The molecular weight excluding hydrogens is 236 g/mol. The molecule has 1 saturated carbocycles. The molecular formula is C16H26N2O. The van der Waals surface area contributed by atoms with Crippen LogP contribution >= 0.6 is 0 Å². The van der Waals surface area contributed by atoms with Gasteiger partial charge in [0.1, 0.15) is 5.76 Å². The van der Waals surface area contributed by atoms with E-state index in [0.717, 1.165) is 18.3 Å². The maximum atomic E-state index is 5.68. The summed E-state index contributed by atoms with van der Waals surface area (Å²) in [6.07, 6.45) is 11.4. The summed E-state index contributed by atoms with van der Waals surface area (Å²) in [5, 5.41) is 3.77. The van der Waals surface area contributed by atoms with E-state index in [1.165, 1.54) is 58.0 Å². The lowest BCUT2D eigenvalue weighted by molar-refractivity contribution is 0.140. The number of likely N-dealkylation sites (tertiary alicyclic amines) is 1. The summed E-state index contributed by atoms with van der Waals surface area (Å²) in [6.45, 7) is 3.48. The standard InChI is InChI=1S/C16H26N2O/c1-4-10-18(11-5-1)15(16-9-6-12-19-16)13-17-14-7-2-3-8-14/h6,9,12,14-15,17H,1-5,7-8,10-11,13H2. The molecule has 0 spiro atoms. The van der Waals surface area contributed by atoms with Crippen LogP contribution in [0.25, 0.3) is 0 Å². The Morgan fingerprint density at radius 2 is 1.95 bits per heavy atom. The van der Waals surface area contributed by atoms with Gasteiger partial charge >= 0.3 is 0 Å². The lowest BCUT2D eigenvalue weighted by Gasteiger charge is -2.34. The molecule has 0 radical (unpaired) electrons. The third-order valence-corrected chi connectivity index (χ3v) is 4.66. The molecule has 0 amide bonds. The van der Waals surface area contributed by atoms with Gasteiger partial charge in [0.15, 0.2) is 0 Å². The maximum Gasteiger partial charge on any atom is 0.122 e. The number of nitrogens with zero attached hydrogens (tertiary/aromatic N) is 1. The average Bonchev–Trinajstić information content (AvgIpc) is 3.13. The van der Waals surface area contributed by atoms with Gasteiger partial charge in [-0.05, 0) is 50.9 Å². The quantitative estimate of drug-likeness (QED) is 0.882. The first-order chi connectivity index (χ1) is 9.43. The number of piperidine rings is 1. The second-order valence-electron chi connectivity index (χ2n) is 6.02. The number of nitrogens with one attached hydrogen (secondary N) is 1. The van der Waals surface area contributed by atoms with E-state index < -0.39 is 0 Å². The van der Waals surface area contributed by atoms with Gasteiger partial charge < -0.3 is 9.73 Å². The van der Waals surface area contributed by atoms with E-state index in [1.54, 1.807) is 0 Å². The summed E-state index contributed by atoms with van der Waals surface area (Å²) in [6, 6.07) is 5.32. The van der Waals surface area contributed by atoms with Gasteiger partial charge in [0.05, 0.1) is 12.3 Å². The monoisotopic (exact) mass is 262 g/mol. The minimum Gasteiger partial charge on any atom is -0.468 e. The molecule has 1 saturated heterocycles. The Kier molecular flexibility index (Phi) is 4.57. The van der Waals surface area contributed by atoms with Crippen molar-refractivity contribution in [3.05, 3.63) is 24.2 Å². The number of furan rings is 1. The van der Waals surface area contributed by atoms with Crippen LogP contribution in [0.1, 0.15) is 56.7 Å². The lowest BCUT2D eigenvalue weighted by atomic mass is 10.1. The van der Waals surface area contributed by atoms with Crippen molar-refractivity contribution in [2.75, 3.05) is 19.6 Å². The van der Waals surface area contributed by atoms with Crippen LogP contribution in [0.5, 0.6) is 0 Å². The first-order valence-corrected chi connectivity index (χ1v) is 7.94. The first kappa shape index (κ1) is 13.2. The molecule has 1 N–H and O–H groups in total. The van der Waals surface area contributed by atoms with E-state index in [0.29, 0.717) is 6.04 Å². The molecule has 2 heterocycles. The van der Waals surface area contributed by atoms with Crippen molar-refractivity contribution in [1.82, 2.24) is 10.2 Å². The zero-order valence-corrected chi connectivity index (χ0v) is 11.8. The molecule has 1 unspecified atom stereocenters. The molecule has 3 heteroatoms. The van der Waals surface area contributed by atoms with Gasteiger partial charge in [-0.15, -0.1) is 0 Å². The summed E-state index contributed by atoms with van der Waals surface area (Å²) < 4.78 is 5.68.